The fraction of sp³-hybridized carbons (Fsp3) is 0.235. The molecule has 0 bridgehead atoms. The van der Waals surface area contributed by atoms with E-state index in [2.05, 4.69) is 10.3 Å². The van der Waals surface area contributed by atoms with Gasteiger partial charge in [-0.25, -0.2) is 13.8 Å². The lowest BCUT2D eigenvalue weighted by Crippen LogP contribution is -2.23. The number of halogens is 3. The number of hydrogen-bond donors (Lipinski definition) is 2. The second kappa shape index (κ2) is 7.25. The van der Waals surface area contributed by atoms with Crippen LogP contribution in [0.15, 0.2) is 47.5 Å². The monoisotopic (exact) mass is 429 g/mol. The number of nitrogens with two attached hydrogens (primary N) is 1. The van der Waals surface area contributed by atoms with Crippen LogP contribution in [0.3, 0.4) is 0 Å². The van der Waals surface area contributed by atoms with Crippen LogP contribution < -0.4 is 11.1 Å². The van der Waals surface area contributed by atoms with E-state index in [0.717, 1.165) is 11.3 Å². The average molecular weight is 429 g/mol. The van der Waals surface area contributed by atoms with Gasteiger partial charge >= 0.3 is 0 Å². The van der Waals surface area contributed by atoms with E-state index < -0.39 is 11.6 Å². The molecular formula is C17H18F2IN3. The lowest BCUT2D eigenvalue weighted by molar-refractivity contribution is 0.555. The maximum atomic E-state index is 13.7. The van der Waals surface area contributed by atoms with Crippen molar-refractivity contribution in [2.75, 3.05) is 5.32 Å². The zero-order chi connectivity index (χ0) is 15.7. The van der Waals surface area contributed by atoms with E-state index in [1.165, 1.54) is 18.2 Å². The van der Waals surface area contributed by atoms with Crippen molar-refractivity contribution < 1.29 is 8.78 Å². The van der Waals surface area contributed by atoms with Crippen LogP contribution >= 0.6 is 24.0 Å². The van der Waals surface area contributed by atoms with Gasteiger partial charge in [0.05, 0.1) is 6.04 Å². The minimum Gasteiger partial charge on any atom is -0.370 e. The van der Waals surface area contributed by atoms with Crippen molar-refractivity contribution in [2.24, 2.45) is 10.7 Å². The first-order valence-corrected chi connectivity index (χ1v) is 7.15. The van der Waals surface area contributed by atoms with Crippen LogP contribution in [0, 0.1) is 18.6 Å². The molecule has 1 aliphatic rings. The summed E-state index contributed by atoms with van der Waals surface area (Å²) in [6, 6.07) is 11.5. The fourth-order valence-electron chi connectivity index (χ4n) is 2.50. The van der Waals surface area contributed by atoms with Crippen molar-refractivity contribution in [1.29, 1.82) is 0 Å². The van der Waals surface area contributed by atoms with Crippen molar-refractivity contribution >= 4 is 35.6 Å². The number of anilines is 1. The highest BCUT2D eigenvalue weighted by molar-refractivity contribution is 14.0. The maximum Gasteiger partial charge on any atom is 0.193 e. The Balaban J connectivity index is 0.00000192. The van der Waals surface area contributed by atoms with E-state index in [1.54, 1.807) is 0 Å². The van der Waals surface area contributed by atoms with E-state index in [-0.39, 0.29) is 47.5 Å². The Labute approximate surface area is 151 Å². The van der Waals surface area contributed by atoms with Crippen LogP contribution in [0.5, 0.6) is 0 Å². The highest BCUT2D eigenvalue weighted by Crippen LogP contribution is 2.45. The summed E-state index contributed by atoms with van der Waals surface area (Å²) in [5.41, 5.74) is 7.95. The molecule has 3 rings (SSSR count). The number of benzene rings is 2. The molecule has 0 aromatic heterocycles. The lowest BCUT2D eigenvalue weighted by atomic mass is 10.1. The fourth-order valence-corrected chi connectivity index (χ4v) is 2.50. The number of guanidine groups is 1. The quantitative estimate of drug-likeness (QED) is 0.437. The van der Waals surface area contributed by atoms with Gasteiger partial charge in [-0.2, -0.15) is 0 Å². The molecule has 0 aliphatic heterocycles. The second-order valence-electron chi connectivity index (χ2n) is 5.55. The van der Waals surface area contributed by atoms with E-state index in [0.29, 0.717) is 6.42 Å². The second-order valence-corrected chi connectivity index (χ2v) is 5.55. The zero-order valence-corrected chi connectivity index (χ0v) is 14.9. The van der Waals surface area contributed by atoms with Crippen LogP contribution in [0.4, 0.5) is 14.5 Å². The third kappa shape index (κ3) is 4.19. The van der Waals surface area contributed by atoms with Gasteiger partial charge in [0.1, 0.15) is 11.6 Å². The maximum absolute atomic E-state index is 13.7. The van der Waals surface area contributed by atoms with Crippen LogP contribution in [-0.2, 0) is 0 Å². The van der Waals surface area contributed by atoms with Gasteiger partial charge < -0.3 is 11.1 Å². The van der Waals surface area contributed by atoms with Gasteiger partial charge in [0.2, 0.25) is 0 Å². The van der Waals surface area contributed by atoms with Crippen molar-refractivity contribution in [3.63, 3.8) is 0 Å². The minimum absolute atomic E-state index is 0. The normalized spacial score (nSPS) is 19.9. The molecule has 3 N–H and O–H groups in total. The number of rotatable bonds is 3. The number of nitrogens with zero attached hydrogens (tertiary/aromatic N) is 1. The Morgan fingerprint density at radius 1 is 1.13 bits per heavy atom. The smallest absolute Gasteiger partial charge is 0.193 e. The molecule has 1 saturated carbocycles. The van der Waals surface area contributed by atoms with Gasteiger partial charge in [-0.3, -0.25) is 0 Å². The van der Waals surface area contributed by atoms with Crippen molar-refractivity contribution in [3.8, 4) is 0 Å². The van der Waals surface area contributed by atoms with Crippen molar-refractivity contribution in [3.05, 3.63) is 65.2 Å². The molecule has 0 radical (unpaired) electrons. The molecule has 3 nitrogen and oxygen atoms in total. The molecule has 6 heteroatoms. The molecule has 1 fully saturated rings. The summed E-state index contributed by atoms with van der Waals surface area (Å²) >= 11 is 0. The largest absolute Gasteiger partial charge is 0.370 e. The number of nitrogens with one attached hydrogen (secondary N) is 1. The van der Waals surface area contributed by atoms with E-state index in [1.807, 2.05) is 31.2 Å². The van der Waals surface area contributed by atoms with Crippen LogP contribution in [0.2, 0.25) is 0 Å². The summed E-state index contributed by atoms with van der Waals surface area (Å²) in [4.78, 5) is 4.30. The minimum atomic E-state index is -0.521. The molecule has 2 unspecified atom stereocenters. The Hall–Kier alpha value is -1.70. The first kappa shape index (κ1) is 17.7. The average Bonchev–Trinajstić information content (AvgIpc) is 3.20. The summed E-state index contributed by atoms with van der Waals surface area (Å²) in [7, 11) is 0. The predicted molar refractivity (Wildman–Crippen MR) is 99.3 cm³/mol. The van der Waals surface area contributed by atoms with Gasteiger partial charge in [-0.1, -0.05) is 23.8 Å². The molecule has 2 aromatic rings. The zero-order valence-electron chi connectivity index (χ0n) is 12.6. The highest BCUT2D eigenvalue weighted by atomic mass is 127. The standard InChI is InChI=1S/C17H17F2N3.HI/c1-10-5-7-11(8-6-10)21-17(20)22-15-9-12(15)16-13(18)3-2-4-14(16)19;/h2-8,12,15H,9H2,1H3,(H3,20,21,22);1H. The van der Waals surface area contributed by atoms with Crippen molar-refractivity contribution in [2.45, 2.75) is 25.3 Å². The third-order valence-corrected chi connectivity index (χ3v) is 3.76. The molecular weight excluding hydrogens is 411 g/mol. The topological polar surface area (TPSA) is 50.4 Å². The first-order chi connectivity index (χ1) is 10.5. The van der Waals surface area contributed by atoms with Gasteiger partial charge in [-0.15, -0.1) is 24.0 Å². The molecule has 0 amide bonds. The SMILES string of the molecule is Cc1ccc(NC(N)=NC2CC2c2c(F)cccc2F)cc1.I. The Morgan fingerprint density at radius 2 is 1.74 bits per heavy atom. The van der Waals surface area contributed by atoms with Crippen LogP contribution in [-0.4, -0.2) is 12.0 Å². The van der Waals surface area contributed by atoms with E-state index in [9.17, 15) is 8.78 Å². The molecule has 0 saturated heterocycles. The first-order valence-electron chi connectivity index (χ1n) is 7.15. The molecule has 23 heavy (non-hydrogen) atoms. The van der Waals surface area contributed by atoms with Gasteiger partial charge in [0, 0.05) is 17.2 Å². The molecule has 0 spiro atoms. The van der Waals surface area contributed by atoms with Crippen LogP contribution in [0.25, 0.3) is 0 Å². The summed E-state index contributed by atoms with van der Waals surface area (Å²) in [5.74, 6) is -1.02. The highest BCUT2D eigenvalue weighted by Gasteiger charge is 2.42. The van der Waals surface area contributed by atoms with E-state index in [4.69, 9.17) is 5.73 Å². The summed E-state index contributed by atoms with van der Waals surface area (Å²) < 4.78 is 27.4. The third-order valence-electron chi connectivity index (χ3n) is 3.76. The Morgan fingerprint density at radius 3 is 2.35 bits per heavy atom. The van der Waals surface area contributed by atoms with E-state index >= 15 is 0 Å². The van der Waals surface area contributed by atoms with Gasteiger partial charge in [0.25, 0.3) is 0 Å². The lowest BCUT2D eigenvalue weighted by Gasteiger charge is -2.06. The summed E-state index contributed by atoms with van der Waals surface area (Å²) in [6.45, 7) is 2.00. The Kier molecular flexibility index (Phi) is 5.56. The van der Waals surface area contributed by atoms with Gasteiger partial charge in [-0.05, 0) is 37.6 Å². The summed E-state index contributed by atoms with van der Waals surface area (Å²) in [6.07, 6.45) is 0.605. The molecule has 2 aromatic carbocycles. The number of aliphatic imine (C=N–C) groups is 1. The molecule has 2 atom stereocenters. The van der Waals surface area contributed by atoms with Gasteiger partial charge in [0.15, 0.2) is 5.96 Å². The predicted octanol–water partition coefficient (Wildman–Crippen LogP) is 4.17. The van der Waals surface area contributed by atoms with Crippen molar-refractivity contribution in [1.82, 2.24) is 0 Å². The number of aryl methyl sites for hydroxylation is 1. The molecule has 122 valence electrons. The van der Waals surface area contributed by atoms with Crippen LogP contribution in [0.1, 0.15) is 23.5 Å². The molecule has 0 heterocycles. The molecule has 1 aliphatic carbocycles. The summed E-state index contributed by atoms with van der Waals surface area (Å²) in [5, 5.41) is 2.98. The Bertz CT molecular complexity index is 696. The number of hydrogen-bond acceptors (Lipinski definition) is 1.